The van der Waals surface area contributed by atoms with Crippen molar-refractivity contribution in [3.8, 4) is 11.5 Å². The summed E-state index contributed by atoms with van der Waals surface area (Å²) in [7, 11) is 1.59. The van der Waals surface area contributed by atoms with Gasteiger partial charge in [-0.25, -0.2) is 0 Å². The van der Waals surface area contributed by atoms with Crippen LogP contribution in [0.1, 0.15) is 37.3 Å². The van der Waals surface area contributed by atoms with Gasteiger partial charge in [-0.05, 0) is 55.6 Å². The zero-order valence-electron chi connectivity index (χ0n) is 16.8. The largest absolute Gasteiger partial charge is 0.493 e. The summed E-state index contributed by atoms with van der Waals surface area (Å²) in [6.07, 6.45) is 2.64. The molecule has 0 spiro atoms. The molecule has 1 fully saturated rings. The lowest BCUT2D eigenvalue weighted by Crippen LogP contribution is -2.37. The van der Waals surface area contributed by atoms with Gasteiger partial charge in [0.15, 0.2) is 17.6 Å². The number of carbonyl (C=O) groups excluding carboxylic acids is 1. The molecule has 28 heavy (non-hydrogen) atoms. The Balaban J connectivity index is 1.51. The first-order chi connectivity index (χ1) is 13.7. The van der Waals surface area contributed by atoms with Crippen LogP contribution in [0.4, 0.5) is 0 Å². The van der Waals surface area contributed by atoms with Crippen LogP contribution in [0.15, 0.2) is 48.5 Å². The molecule has 1 aliphatic heterocycles. The lowest BCUT2D eigenvalue weighted by Gasteiger charge is -2.19. The van der Waals surface area contributed by atoms with E-state index in [1.165, 1.54) is 31.5 Å². The zero-order valence-corrected chi connectivity index (χ0v) is 16.8. The molecule has 2 aromatic carbocycles. The highest BCUT2D eigenvalue weighted by molar-refractivity contribution is 5.81. The lowest BCUT2D eigenvalue weighted by atomic mass is 10.1. The third-order valence-corrected chi connectivity index (χ3v) is 5.10. The van der Waals surface area contributed by atoms with Crippen molar-refractivity contribution in [3.63, 3.8) is 0 Å². The number of para-hydroxylation sites is 2. The molecule has 1 N–H and O–H groups in total. The first kappa shape index (κ1) is 20.2. The Kier molecular flexibility index (Phi) is 7.31. The second kappa shape index (κ2) is 10.1. The molecule has 5 heteroatoms. The molecule has 0 aliphatic carbocycles. The van der Waals surface area contributed by atoms with Crippen LogP contribution in [0.25, 0.3) is 0 Å². The van der Waals surface area contributed by atoms with Gasteiger partial charge in [-0.1, -0.05) is 43.3 Å². The molecule has 5 nitrogen and oxygen atoms in total. The number of methoxy groups -OCH3 is 1. The lowest BCUT2D eigenvalue weighted by molar-refractivity contribution is -0.128. The number of ether oxygens (including phenoxy) is 2. The third kappa shape index (κ3) is 5.49. The van der Waals surface area contributed by atoms with Crippen LogP contribution in [0.5, 0.6) is 11.5 Å². The minimum atomic E-state index is -0.550. The Hall–Kier alpha value is -2.53. The molecule has 1 aliphatic rings. The van der Waals surface area contributed by atoms with Crippen molar-refractivity contribution in [1.29, 1.82) is 0 Å². The fraction of sp³-hybridized carbons (Fsp3) is 0.435. The van der Waals surface area contributed by atoms with Crippen molar-refractivity contribution >= 4 is 5.91 Å². The highest BCUT2D eigenvalue weighted by Crippen LogP contribution is 2.27. The topological polar surface area (TPSA) is 50.8 Å². The van der Waals surface area contributed by atoms with E-state index in [2.05, 4.69) is 34.5 Å². The van der Waals surface area contributed by atoms with Crippen molar-refractivity contribution in [2.24, 2.45) is 0 Å². The van der Waals surface area contributed by atoms with E-state index in [-0.39, 0.29) is 5.91 Å². The summed E-state index contributed by atoms with van der Waals surface area (Å²) in [5.74, 6) is 1.09. The van der Waals surface area contributed by atoms with Gasteiger partial charge in [-0.2, -0.15) is 0 Å². The fourth-order valence-electron chi connectivity index (χ4n) is 3.46. The Morgan fingerprint density at radius 2 is 1.68 bits per heavy atom. The summed E-state index contributed by atoms with van der Waals surface area (Å²) in [5.41, 5.74) is 2.41. The van der Waals surface area contributed by atoms with Gasteiger partial charge in [-0.15, -0.1) is 0 Å². The predicted molar refractivity (Wildman–Crippen MR) is 111 cm³/mol. The van der Waals surface area contributed by atoms with Crippen LogP contribution in [0.3, 0.4) is 0 Å². The maximum Gasteiger partial charge on any atom is 0.261 e. The van der Waals surface area contributed by atoms with Crippen molar-refractivity contribution in [3.05, 3.63) is 59.7 Å². The van der Waals surface area contributed by atoms with E-state index in [0.29, 0.717) is 24.5 Å². The van der Waals surface area contributed by atoms with Crippen LogP contribution in [-0.4, -0.2) is 37.1 Å². The van der Waals surface area contributed by atoms with E-state index in [9.17, 15) is 4.79 Å². The number of likely N-dealkylation sites (tertiary alicyclic amines) is 1. The molecule has 1 atom stereocenters. The highest BCUT2D eigenvalue weighted by Gasteiger charge is 2.19. The predicted octanol–water partition coefficient (Wildman–Crippen LogP) is 3.76. The Labute approximate surface area is 167 Å². The number of hydrogen-bond donors (Lipinski definition) is 1. The standard InChI is InChI=1S/C23H30N2O3/c1-3-20(28-22-9-5-4-8-21(22)27-2)23(26)24-16-18-10-12-19(13-11-18)17-25-14-6-7-15-25/h4-5,8-13,20H,3,6-7,14-17H2,1-2H3,(H,24,26). The molecule has 1 amide bonds. The number of amides is 1. The van der Waals surface area contributed by atoms with Crippen molar-refractivity contribution < 1.29 is 14.3 Å². The van der Waals surface area contributed by atoms with Gasteiger partial charge in [0.05, 0.1) is 7.11 Å². The Morgan fingerprint density at radius 3 is 2.32 bits per heavy atom. The third-order valence-electron chi connectivity index (χ3n) is 5.10. The highest BCUT2D eigenvalue weighted by atomic mass is 16.5. The van der Waals surface area contributed by atoms with Crippen LogP contribution in [0.2, 0.25) is 0 Å². The molecule has 1 heterocycles. The summed E-state index contributed by atoms with van der Waals surface area (Å²) < 4.78 is 11.2. The van der Waals surface area contributed by atoms with Crippen LogP contribution in [0, 0.1) is 0 Å². The summed E-state index contributed by atoms with van der Waals surface area (Å²) in [6, 6.07) is 15.9. The van der Waals surface area contributed by atoms with E-state index in [4.69, 9.17) is 9.47 Å². The van der Waals surface area contributed by atoms with Crippen LogP contribution < -0.4 is 14.8 Å². The van der Waals surface area contributed by atoms with Gasteiger partial charge in [0.25, 0.3) is 5.91 Å². The van der Waals surface area contributed by atoms with Gasteiger partial charge in [-0.3, -0.25) is 9.69 Å². The number of hydrogen-bond acceptors (Lipinski definition) is 4. The summed E-state index contributed by atoms with van der Waals surface area (Å²) in [6.45, 7) is 5.84. The first-order valence-corrected chi connectivity index (χ1v) is 10.1. The number of nitrogens with one attached hydrogen (secondary N) is 1. The van der Waals surface area contributed by atoms with Crippen molar-refractivity contribution in [1.82, 2.24) is 10.2 Å². The average molecular weight is 383 g/mol. The summed E-state index contributed by atoms with van der Waals surface area (Å²) >= 11 is 0. The van der Waals surface area contributed by atoms with Gasteiger partial charge in [0, 0.05) is 13.1 Å². The summed E-state index contributed by atoms with van der Waals surface area (Å²) in [4.78, 5) is 15.0. The Morgan fingerprint density at radius 1 is 1.04 bits per heavy atom. The molecule has 0 bridgehead atoms. The molecular weight excluding hydrogens is 352 g/mol. The molecule has 1 saturated heterocycles. The van der Waals surface area contributed by atoms with Gasteiger partial charge in [0.1, 0.15) is 0 Å². The average Bonchev–Trinajstić information content (AvgIpc) is 3.24. The molecular formula is C23H30N2O3. The molecule has 0 aromatic heterocycles. The van der Waals surface area contributed by atoms with Gasteiger partial charge < -0.3 is 14.8 Å². The molecule has 0 radical (unpaired) electrons. The molecule has 0 saturated carbocycles. The number of benzene rings is 2. The Bertz CT molecular complexity index is 755. The SMILES string of the molecule is CCC(Oc1ccccc1OC)C(=O)NCc1ccc(CN2CCCC2)cc1. The maximum atomic E-state index is 12.6. The number of carbonyl (C=O) groups is 1. The van der Waals surface area contributed by atoms with E-state index in [1.807, 2.05) is 31.2 Å². The van der Waals surface area contributed by atoms with E-state index < -0.39 is 6.10 Å². The van der Waals surface area contributed by atoms with Crippen LogP contribution in [-0.2, 0) is 17.9 Å². The minimum absolute atomic E-state index is 0.116. The van der Waals surface area contributed by atoms with Crippen molar-refractivity contribution in [2.75, 3.05) is 20.2 Å². The summed E-state index contributed by atoms with van der Waals surface area (Å²) in [5, 5.41) is 2.99. The minimum Gasteiger partial charge on any atom is -0.493 e. The van der Waals surface area contributed by atoms with Gasteiger partial charge >= 0.3 is 0 Å². The maximum absolute atomic E-state index is 12.6. The number of nitrogens with zero attached hydrogens (tertiary/aromatic N) is 1. The van der Waals surface area contributed by atoms with E-state index >= 15 is 0 Å². The normalized spacial score (nSPS) is 15.2. The number of rotatable bonds is 9. The zero-order chi connectivity index (χ0) is 19.8. The molecule has 2 aromatic rings. The second-order valence-corrected chi connectivity index (χ2v) is 7.18. The first-order valence-electron chi connectivity index (χ1n) is 10.1. The fourth-order valence-corrected chi connectivity index (χ4v) is 3.46. The second-order valence-electron chi connectivity index (χ2n) is 7.18. The van der Waals surface area contributed by atoms with E-state index in [1.54, 1.807) is 7.11 Å². The van der Waals surface area contributed by atoms with Crippen LogP contribution >= 0.6 is 0 Å². The van der Waals surface area contributed by atoms with Gasteiger partial charge in [0.2, 0.25) is 0 Å². The molecule has 3 rings (SSSR count). The quantitative estimate of drug-likeness (QED) is 0.717. The monoisotopic (exact) mass is 382 g/mol. The van der Waals surface area contributed by atoms with E-state index in [0.717, 1.165) is 12.1 Å². The molecule has 1 unspecified atom stereocenters. The van der Waals surface area contributed by atoms with Crippen molar-refractivity contribution in [2.45, 2.75) is 45.4 Å². The molecule has 150 valence electrons. The smallest absolute Gasteiger partial charge is 0.261 e.